The Morgan fingerprint density at radius 2 is 1.23 bits per heavy atom. The fourth-order valence-corrected chi connectivity index (χ4v) is 0.744. The van der Waals surface area contributed by atoms with Crippen LogP contribution in [0.2, 0.25) is 0 Å². The third kappa shape index (κ3) is 18.7. The summed E-state index contributed by atoms with van der Waals surface area (Å²) in [7, 11) is 0. The first-order valence-corrected chi connectivity index (χ1v) is 5.41. The molecule has 0 aromatic carbocycles. The normalized spacial score (nSPS) is 9.23. The number of rotatable bonds is 8. The van der Waals surface area contributed by atoms with Crippen molar-refractivity contribution >= 4 is 0 Å². The Morgan fingerprint density at radius 3 is 1.54 bits per heavy atom. The van der Waals surface area contributed by atoms with Crippen LogP contribution in [0.1, 0.15) is 27.7 Å². The molecule has 0 heterocycles. The second-order valence-electron chi connectivity index (χ2n) is 2.32. The Kier molecular flexibility index (Phi) is 21.1. The quantitative estimate of drug-likeness (QED) is 0.565. The van der Waals surface area contributed by atoms with Crippen LogP contribution >= 0.6 is 0 Å². The average molecular weight is 190 g/mol. The van der Waals surface area contributed by atoms with E-state index in [9.17, 15) is 0 Å². The van der Waals surface area contributed by atoms with Crippen LogP contribution in [0.25, 0.3) is 0 Å². The molecule has 0 rings (SSSR count). The summed E-state index contributed by atoms with van der Waals surface area (Å²) in [5.41, 5.74) is 0. The van der Waals surface area contributed by atoms with Gasteiger partial charge in [-0.2, -0.15) is 0 Å². The van der Waals surface area contributed by atoms with Gasteiger partial charge in [-0.1, -0.05) is 27.7 Å². The molecule has 0 spiro atoms. The summed E-state index contributed by atoms with van der Waals surface area (Å²) < 4.78 is 5.31. The highest BCUT2D eigenvalue weighted by Gasteiger charge is 1.86. The second kappa shape index (κ2) is 17.8. The molecule has 0 amide bonds. The lowest BCUT2D eigenvalue weighted by Crippen LogP contribution is -2.23. The zero-order valence-corrected chi connectivity index (χ0v) is 9.65. The lowest BCUT2D eigenvalue weighted by atomic mass is 10.6. The molecule has 3 nitrogen and oxygen atoms in total. The van der Waals surface area contributed by atoms with Crippen molar-refractivity contribution in [3.8, 4) is 0 Å². The lowest BCUT2D eigenvalue weighted by Gasteiger charge is -2.04. The van der Waals surface area contributed by atoms with E-state index in [1.165, 1.54) is 0 Å². The largest absolute Gasteiger partial charge is 0.379 e. The van der Waals surface area contributed by atoms with E-state index >= 15 is 0 Å². The molecule has 0 unspecified atom stereocenters. The molecule has 13 heavy (non-hydrogen) atoms. The molecule has 0 radical (unpaired) electrons. The van der Waals surface area contributed by atoms with Crippen molar-refractivity contribution in [3.05, 3.63) is 0 Å². The van der Waals surface area contributed by atoms with E-state index in [0.29, 0.717) is 0 Å². The van der Waals surface area contributed by atoms with Crippen LogP contribution < -0.4 is 10.6 Å². The van der Waals surface area contributed by atoms with E-state index in [0.717, 1.165) is 39.4 Å². The van der Waals surface area contributed by atoms with E-state index in [1.807, 2.05) is 13.8 Å². The summed E-state index contributed by atoms with van der Waals surface area (Å²) >= 11 is 0. The number of likely N-dealkylation sites (N-methyl/N-ethyl adjacent to an activating group) is 2. The van der Waals surface area contributed by atoms with Crippen LogP contribution in [0.4, 0.5) is 0 Å². The van der Waals surface area contributed by atoms with E-state index in [1.54, 1.807) is 0 Å². The first kappa shape index (κ1) is 15.4. The predicted octanol–water partition coefficient (Wildman–Crippen LogP) is 1.25. The Labute approximate surface area is 83.2 Å². The van der Waals surface area contributed by atoms with Gasteiger partial charge in [-0.25, -0.2) is 0 Å². The van der Waals surface area contributed by atoms with Gasteiger partial charge in [0.1, 0.15) is 0 Å². The van der Waals surface area contributed by atoms with Gasteiger partial charge in [-0.05, 0) is 13.1 Å². The highest BCUT2D eigenvalue weighted by molar-refractivity contribution is 4.43. The van der Waals surface area contributed by atoms with Crippen molar-refractivity contribution in [1.29, 1.82) is 0 Å². The molecule has 0 saturated heterocycles. The third-order valence-electron chi connectivity index (χ3n) is 1.35. The van der Waals surface area contributed by atoms with Crippen molar-refractivity contribution in [3.63, 3.8) is 0 Å². The van der Waals surface area contributed by atoms with Crippen LogP contribution in [0, 0.1) is 0 Å². The Morgan fingerprint density at radius 1 is 0.846 bits per heavy atom. The summed E-state index contributed by atoms with van der Waals surface area (Å²) in [4.78, 5) is 0. The van der Waals surface area contributed by atoms with E-state index in [-0.39, 0.29) is 0 Å². The molecule has 0 aromatic heterocycles. The van der Waals surface area contributed by atoms with Gasteiger partial charge in [0.05, 0.1) is 13.2 Å². The monoisotopic (exact) mass is 190 g/mol. The van der Waals surface area contributed by atoms with Gasteiger partial charge in [0.25, 0.3) is 0 Å². The van der Waals surface area contributed by atoms with E-state index in [2.05, 4.69) is 24.5 Å². The van der Waals surface area contributed by atoms with Gasteiger partial charge >= 0.3 is 0 Å². The maximum atomic E-state index is 5.31. The van der Waals surface area contributed by atoms with E-state index < -0.39 is 0 Å². The van der Waals surface area contributed by atoms with Gasteiger partial charge in [0.2, 0.25) is 0 Å². The summed E-state index contributed by atoms with van der Waals surface area (Å²) in [6, 6.07) is 0. The molecule has 0 bridgehead atoms. The zero-order chi connectivity index (χ0) is 10.4. The molecule has 0 fully saturated rings. The molecule has 0 aromatic rings. The molecule has 0 aliphatic carbocycles. The van der Waals surface area contributed by atoms with Crippen LogP contribution in [-0.2, 0) is 4.74 Å². The van der Waals surface area contributed by atoms with Crippen LogP contribution in [0.15, 0.2) is 0 Å². The average Bonchev–Trinajstić information content (AvgIpc) is 2.20. The number of hydrogen-bond donors (Lipinski definition) is 2. The highest BCUT2D eigenvalue weighted by Crippen LogP contribution is 1.71. The first-order valence-electron chi connectivity index (χ1n) is 5.41. The van der Waals surface area contributed by atoms with Crippen molar-refractivity contribution in [2.24, 2.45) is 0 Å². The van der Waals surface area contributed by atoms with Crippen LogP contribution in [0.3, 0.4) is 0 Å². The maximum absolute atomic E-state index is 5.31. The SMILES string of the molecule is CC.CCNCCOCCNCC. The van der Waals surface area contributed by atoms with Gasteiger partial charge in [-0.15, -0.1) is 0 Å². The van der Waals surface area contributed by atoms with Crippen LogP contribution in [-0.4, -0.2) is 39.4 Å². The van der Waals surface area contributed by atoms with Crippen LogP contribution in [0.5, 0.6) is 0 Å². The summed E-state index contributed by atoms with van der Waals surface area (Å²) in [6.07, 6.45) is 0. The molecule has 0 atom stereocenters. The molecule has 2 N–H and O–H groups in total. The van der Waals surface area contributed by atoms with Gasteiger partial charge < -0.3 is 15.4 Å². The Bertz CT molecular complexity index is 61.9. The zero-order valence-electron chi connectivity index (χ0n) is 9.65. The summed E-state index contributed by atoms with van der Waals surface area (Å²) in [5.74, 6) is 0. The van der Waals surface area contributed by atoms with Crippen molar-refractivity contribution in [2.45, 2.75) is 27.7 Å². The van der Waals surface area contributed by atoms with Gasteiger partial charge in [0.15, 0.2) is 0 Å². The standard InChI is InChI=1S/C8H20N2O.C2H6/c1-3-9-5-7-11-8-6-10-4-2;1-2/h9-10H,3-8H2,1-2H3;1-2H3. The van der Waals surface area contributed by atoms with Gasteiger partial charge in [0, 0.05) is 13.1 Å². The van der Waals surface area contributed by atoms with Crippen molar-refractivity contribution in [2.75, 3.05) is 39.4 Å². The fraction of sp³-hybridized carbons (Fsp3) is 1.00. The number of ether oxygens (including phenoxy) is 1. The fourth-order valence-electron chi connectivity index (χ4n) is 0.744. The minimum Gasteiger partial charge on any atom is -0.379 e. The molecular weight excluding hydrogens is 164 g/mol. The second-order valence-corrected chi connectivity index (χ2v) is 2.32. The molecule has 3 heteroatoms. The molecular formula is C10H26N2O. The summed E-state index contributed by atoms with van der Waals surface area (Å²) in [6.45, 7) is 13.8. The highest BCUT2D eigenvalue weighted by atomic mass is 16.5. The maximum Gasteiger partial charge on any atom is 0.0591 e. The number of nitrogens with one attached hydrogen (secondary N) is 2. The van der Waals surface area contributed by atoms with Crippen molar-refractivity contribution < 1.29 is 4.74 Å². The lowest BCUT2D eigenvalue weighted by molar-refractivity contribution is 0.138. The molecule has 0 saturated carbocycles. The molecule has 82 valence electrons. The molecule has 0 aliphatic rings. The predicted molar refractivity (Wildman–Crippen MR) is 59.3 cm³/mol. The third-order valence-corrected chi connectivity index (χ3v) is 1.35. The summed E-state index contributed by atoms with van der Waals surface area (Å²) in [5, 5.41) is 6.39. The minimum atomic E-state index is 0.819. The Balaban J connectivity index is 0. The van der Waals surface area contributed by atoms with E-state index in [4.69, 9.17) is 4.74 Å². The topological polar surface area (TPSA) is 33.3 Å². The number of hydrogen-bond acceptors (Lipinski definition) is 3. The molecule has 0 aliphatic heterocycles. The Hall–Kier alpha value is -0.120. The smallest absolute Gasteiger partial charge is 0.0591 e. The van der Waals surface area contributed by atoms with Gasteiger partial charge in [-0.3, -0.25) is 0 Å². The van der Waals surface area contributed by atoms with Crippen molar-refractivity contribution in [1.82, 2.24) is 10.6 Å². The minimum absolute atomic E-state index is 0.819. The first-order chi connectivity index (χ1) is 6.41.